The van der Waals surface area contributed by atoms with Crippen LogP contribution in [0.1, 0.15) is 23.1 Å². The van der Waals surface area contributed by atoms with Crippen LogP contribution in [-0.4, -0.2) is 22.1 Å². The van der Waals surface area contributed by atoms with Crippen molar-refractivity contribution >= 4 is 17.6 Å². The van der Waals surface area contributed by atoms with Gasteiger partial charge in [-0.05, 0) is 25.1 Å². The molecule has 0 aliphatic carbocycles. The summed E-state index contributed by atoms with van der Waals surface area (Å²) < 4.78 is 11.7. The van der Waals surface area contributed by atoms with E-state index in [1.807, 2.05) is 0 Å². The second kappa shape index (κ2) is 5.21. The number of aromatic nitrogens is 2. The van der Waals surface area contributed by atoms with E-state index in [1.54, 1.807) is 25.1 Å². The van der Waals surface area contributed by atoms with Gasteiger partial charge in [-0.2, -0.15) is 0 Å². The molecule has 0 saturated heterocycles. The van der Waals surface area contributed by atoms with Gasteiger partial charge in [0.2, 0.25) is 0 Å². The van der Waals surface area contributed by atoms with Crippen LogP contribution >= 0.6 is 11.6 Å². The predicted octanol–water partition coefficient (Wildman–Crippen LogP) is 1.96. The lowest BCUT2D eigenvalue weighted by Crippen LogP contribution is -2.32. The monoisotopic (exact) mass is 306 g/mol. The maximum atomic E-state index is 12.5. The number of benzene rings is 1. The second-order valence-electron chi connectivity index (χ2n) is 4.35. The van der Waals surface area contributed by atoms with Gasteiger partial charge in [-0.15, -0.1) is 0 Å². The lowest BCUT2D eigenvalue weighted by molar-refractivity contribution is 0.0523. The van der Waals surface area contributed by atoms with Crippen molar-refractivity contribution in [2.45, 2.75) is 13.5 Å². The lowest BCUT2D eigenvalue weighted by atomic mass is 10.2. The number of carbonyl (C=O) groups excluding carboxylic acids is 1. The highest BCUT2D eigenvalue weighted by Crippen LogP contribution is 2.30. The van der Waals surface area contributed by atoms with Crippen LogP contribution in [0.5, 0.6) is 5.75 Å². The second-order valence-corrected chi connectivity index (χ2v) is 4.79. The Morgan fingerprint density at radius 3 is 3.10 bits per heavy atom. The van der Waals surface area contributed by atoms with Gasteiger partial charge in [0.05, 0.1) is 12.3 Å². The standard InChI is InChI=1S/C14H11ClN2O4/c1-2-20-14(19)9-6-16-12-7-21-11-4-3-8(15)5-10(11)17(12)13(9)18/h3-6H,2,7H2,1H3. The number of hydrogen-bond donors (Lipinski definition) is 0. The van der Waals surface area contributed by atoms with E-state index in [-0.39, 0.29) is 18.8 Å². The summed E-state index contributed by atoms with van der Waals surface area (Å²) in [5.74, 6) is 0.222. The highest BCUT2D eigenvalue weighted by molar-refractivity contribution is 6.30. The number of carbonyl (C=O) groups is 1. The summed E-state index contributed by atoms with van der Waals surface area (Å²) in [5, 5.41) is 0.457. The van der Waals surface area contributed by atoms with Crippen molar-refractivity contribution in [3.05, 3.63) is 51.2 Å². The van der Waals surface area contributed by atoms with Crippen molar-refractivity contribution in [3.63, 3.8) is 0 Å². The summed E-state index contributed by atoms with van der Waals surface area (Å²) in [5.41, 5.74) is -0.147. The van der Waals surface area contributed by atoms with E-state index in [1.165, 1.54) is 10.8 Å². The normalized spacial score (nSPS) is 12.1. The molecule has 6 nitrogen and oxygen atoms in total. The molecule has 0 N–H and O–H groups in total. The fourth-order valence-corrected chi connectivity index (χ4v) is 2.28. The predicted molar refractivity (Wildman–Crippen MR) is 75.1 cm³/mol. The minimum absolute atomic E-state index is 0.117. The largest absolute Gasteiger partial charge is 0.483 e. The third-order valence-electron chi connectivity index (χ3n) is 3.05. The summed E-state index contributed by atoms with van der Waals surface area (Å²) in [6.07, 6.45) is 1.21. The molecule has 7 heteroatoms. The lowest BCUT2D eigenvalue weighted by Gasteiger charge is -2.21. The van der Waals surface area contributed by atoms with Crippen molar-refractivity contribution in [1.29, 1.82) is 0 Å². The Labute approximate surface area is 124 Å². The Morgan fingerprint density at radius 1 is 1.52 bits per heavy atom. The number of fused-ring (bicyclic) bond motifs is 3. The molecule has 3 rings (SSSR count). The van der Waals surface area contributed by atoms with Crippen molar-refractivity contribution in [2.24, 2.45) is 0 Å². The van der Waals surface area contributed by atoms with Crippen molar-refractivity contribution in [3.8, 4) is 11.4 Å². The van der Waals surface area contributed by atoms with Gasteiger partial charge in [0.25, 0.3) is 5.56 Å². The Hall–Kier alpha value is -2.34. The highest BCUT2D eigenvalue weighted by atomic mass is 35.5. The zero-order chi connectivity index (χ0) is 15.0. The Kier molecular flexibility index (Phi) is 3.39. The first kappa shape index (κ1) is 13.6. The van der Waals surface area contributed by atoms with Crippen molar-refractivity contribution in [1.82, 2.24) is 9.55 Å². The molecule has 0 unspecified atom stereocenters. The van der Waals surface area contributed by atoms with E-state index in [9.17, 15) is 9.59 Å². The van der Waals surface area contributed by atoms with E-state index in [0.29, 0.717) is 22.3 Å². The molecule has 0 spiro atoms. The van der Waals surface area contributed by atoms with E-state index in [0.717, 1.165) is 0 Å². The molecule has 1 aliphatic rings. The zero-order valence-corrected chi connectivity index (χ0v) is 11.9. The quantitative estimate of drug-likeness (QED) is 0.793. The summed E-state index contributed by atoms with van der Waals surface area (Å²) in [6.45, 7) is 2.00. The van der Waals surface area contributed by atoms with E-state index in [2.05, 4.69) is 4.98 Å². The van der Waals surface area contributed by atoms with Gasteiger partial charge in [0.15, 0.2) is 5.82 Å². The van der Waals surface area contributed by atoms with Gasteiger partial charge < -0.3 is 9.47 Å². The first-order valence-electron chi connectivity index (χ1n) is 6.32. The maximum absolute atomic E-state index is 12.5. The molecular formula is C14H11ClN2O4. The van der Waals surface area contributed by atoms with Gasteiger partial charge >= 0.3 is 5.97 Å². The van der Waals surface area contributed by atoms with Crippen LogP contribution in [0.4, 0.5) is 0 Å². The maximum Gasteiger partial charge on any atom is 0.345 e. The molecule has 0 bridgehead atoms. The van der Waals surface area contributed by atoms with Gasteiger partial charge in [0, 0.05) is 11.2 Å². The first-order valence-corrected chi connectivity index (χ1v) is 6.70. The van der Waals surface area contributed by atoms with Crippen molar-refractivity contribution in [2.75, 3.05) is 6.61 Å². The third-order valence-corrected chi connectivity index (χ3v) is 3.28. The van der Waals surface area contributed by atoms with Crippen LogP contribution in [-0.2, 0) is 11.3 Å². The highest BCUT2D eigenvalue weighted by Gasteiger charge is 2.23. The molecule has 0 atom stereocenters. The number of esters is 1. The Bertz CT molecular complexity index is 785. The summed E-state index contributed by atoms with van der Waals surface area (Å²) in [6, 6.07) is 4.93. The summed E-state index contributed by atoms with van der Waals surface area (Å²) >= 11 is 5.96. The van der Waals surface area contributed by atoms with Crippen LogP contribution in [0.3, 0.4) is 0 Å². The summed E-state index contributed by atoms with van der Waals surface area (Å²) in [4.78, 5) is 28.4. The number of halogens is 1. The molecule has 108 valence electrons. The molecule has 1 aromatic carbocycles. The number of ether oxygens (including phenoxy) is 2. The fourth-order valence-electron chi connectivity index (χ4n) is 2.12. The van der Waals surface area contributed by atoms with Crippen LogP contribution in [0, 0.1) is 0 Å². The van der Waals surface area contributed by atoms with E-state index >= 15 is 0 Å². The average molecular weight is 307 g/mol. The number of nitrogens with zero attached hydrogens (tertiary/aromatic N) is 2. The number of rotatable bonds is 2. The topological polar surface area (TPSA) is 70.4 Å². The van der Waals surface area contributed by atoms with Gasteiger partial charge in [-0.1, -0.05) is 11.6 Å². The molecule has 0 radical (unpaired) electrons. The third kappa shape index (κ3) is 2.27. The van der Waals surface area contributed by atoms with Gasteiger partial charge in [-0.25, -0.2) is 9.78 Å². The van der Waals surface area contributed by atoms with Gasteiger partial charge in [0.1, 0.15) is 17.9 Å². The SMILES string of the molecule is CCOC(=O)c1cnc2n(c1=O)-c1cc(Cl)ccc1OC2. The van der Waals surface area contributed by atoms with Crippen LogP contribution in [0.15, 0.2) is 29.2 Å². The minimum Gasteiger partial charge on any atom is -0.483 e. The molecule has 21 heavy (non-hydrogen) atoms. The molecule has 2 heterocycles. The molecule has 1 aromatic heterocycles. The van der Waals surface area contributed by atoms with Crippen molar-refractivity contribution < 1.29 is 14.3 Å². The molecule has 1 aliphatic heterocycles. The van der Waals surface area contributed by atoms with E-state index < -0.39 is 11.5 Å². The summed E-state index contributed by atoms with van der Waals surface area (Å²) in [7, 11) is 0. The average Bonchev–Trinajstić information content (AvgIpc) is 2.47. The minimum atomic E-state index is -0.694. The van der Waals surface area contributed by atoms with Gasteiger partial charge in [-0.3, -0.25) is 9.36 Å². The molecule has 0 fully saturated rings. The molecular weight excluding hydrogens is 296 g/mol. The molecule has 0 saturated carbocycles. The zero-order valence-electron chi connectivity index (χ0n) is 11.1. The number of hydrogen-bond acceptors (Lipinski definition) is 5. The van der Waals surface area contributed by atoms with Crippen LogP contribution < -0.4 is 10.3 Å². The van der Waals surface area contributed by atoms with Crippen LogP contribution in [0.25, 0.3) is 5.69 Å². The Morgan fingerprint density at radius 2 is 2.33 bits per heavy atom. The van der Waals surface area contributed by atoms with E-state index in [4.69, 9.17) is 21.1 Å². The molecule has 2 aromatic rings. The smallest absolute Gasteiger partial charge is 0.345 e. The fraction of sp³-hybridized carbons (Fsp3) is 0.214. The molecule has 0 amide bonds. The first-order chi connectivity index (χ1) is 10.1. The van der Waals surface area contributed by atoms with Crippen LogP contribution in [0.2, 0.25) is 5.02 Å². The Balaban J connectivity index is 2.22.